The fourth-order valence-electron chi connectivity index (χ4n) is 2.63. The summed E-state index contributed by atoms with van der Waals surface area (Å²) in [7, 11) is 3.05. The summed E-state index contributed by atoms with van der Waals surface area (Å²) in [6.07, 6.45) is 6.85. The van der Waals surface area contributed by atoms with Gasteiger partial charge in [0.15, 0.2) is 17.3 Å². The third kappa shape index (κ3) is 6.95. The summed E-state index contributed by atoms with van der Waals surface area (Å²) in [6.45, 7) is 0.434. The summed E-state index contributed by atoms with van der Waals surface area (Å²) in [5.74, 6) is 0.535. The number of ketones is 1. The second kappa shape index (κ2) is 11.5. The average Bonchev–Trinajstić information content (AvgIpc) is 2.74. The summed E-state index contributed by atoms with van der Waals surface area (Å²) < 4.78 is 16.2. The zero-order valence-electron chi connectivity index (χ0n) is 16.6. The number of methoxy groups -OCH3 is 2. The monoisotopic (exact) mass is 399 g/mol. The van der Waals surface area contributed by atoms with Crippen molar-refractivity contribution in [3.63, 3.8) is 0 Å². The number of carboxylic acid groups (broad SMARTS) is 1. The predicted octanol–water partition coefficient (Wildman–Crippen LogP) is 4.02. The zero-order chi connectivity index (χ0) is 21.1. The molecular formula is C22H25NO6. The molecule has 29 heavy (non-hydrogen) atoms. The van der Waals surface area contributed by atoms with E-state index in [-0.39, 0.29) is 12.2 Å². The van der Waals surface area contributed by atoms with Crippen molar-refractivity contribution < 1.29 is 28.9 Å². The van der Waals surface area contributed by atoms with Gasteiger partial charge in [-0.15, -0.1) is 0 Å². The van der Waals surface area contributed by atoms with Gasteiger partial charge in [-0.2, -0.15) is 0 Å². The molecule has 0 radical (unpaired) electrons. The summed E-state index contributed by atoms with van der Waals surface area (Å²) in [5, 5.41) is 8.65. The molecule has 1 N–H and O–H groups in total. The van der Waals surface area contributed by atoms with E-state index in [0.717, 1.165) is 12.8 Å². The van der Waals surface area contributed by atoms with E-state index in [0.29, 0.717) is 41.5 Å². The summed E-state index contributed by atoms with van der Waals surface area (Å²) in [4.78, 5) is 27.2. The van der Waals surface area contributed by atoms with Crippen LogP contribution in [0.5, 0.6) is 17.2 Å². The van der Waals surface area contributed by atoms with Crippen LogP contribution in [0.25, 0.3) is 6.08 Å². The lowest BCUT2D eigenvalue weighted by atomic mass is 10.1. The number of aliphatic carboxylic acids is 1. The normalized spacial score (nSPS) is 10.7. The van der Waals surface area contributed by atoms with Crippen molar-refractivity contribution in [2.45, 2.75) is 25.7 Å². The van der Waals surface area contributed by atoms with E-state index in [1.54, 1.807) is 36.4 Å². The van der Waals surface area contributed by atoms with Gasteiger partial charge in [0, 0.05) is 12.5 Å². The van der Waals surface area contributed by atoms with Gasteiger partial charge in [-0.05, 0) is 43.5 Å². The topological polar surface area (TPSA) is 95.0 Å². The number of carbonyl (C=O) groups is 2. The van der Waals surface area contributed by atoms with Gasteiger partial charge in [0.25, 0.3) is 0 Å². The molecule has 0 bridgehead atoms. The molecule has 2 aromatic rings. The molecule has 0 aliphatic carbocycles. The van der Waals surface area contributed by atoms with E-state index < -0.39 is 5.97 Å². The zero-order valence-corrected chi connectivity index (χ0v) is 16.6. The molecule has 1 aromatic heterocycles. The van der Waals surface area contributed by atoms with Crippen molar-refractivity contribution in [1.29, 1.82) is 0 Å². The minimum Gasteiger partial charge on any atom is -0.496 e. The Morgan fingerprint density at radius 3 is 2.52 bits per heavy atom. The minimum absolute atomic E-state index is 0.160. The molecular weight excluding hydrogens is 374 g/mol. The second-order valence-electron chi connectivity index (χ2n) is 6.21. The number of rotatable bonds is 12. The van der Waals surface area contributed by atoms with Crippen LogP contribution in [0, 0.1) is 0 Å². The Morgan fingerprint density at radius 2 is 1.79 bits per heavy atom. The van der Waals surface area contributed by atoms with Gasteiger partial charge in [0.05, 0.1) is 38.3 Å². The van der Waals surface area contributed by atoms with Crippen molar-refractivity contribution in [3.8, 4) is 17.2 Å². The maximum Gasteiger partial charge on any atom is 0.303 e. The van der Waals surface area contributed by atoms with Crippen LogP contribution in [0.4, 0.5) is 0 Å². The lowest BCUT2D eigenvalue weighted by molar-refractivity contribution is -0.137. The molecule has 0 amide bonds. The van der Waals surface area contributed by atoms with E-state index in [2.05, 4.69) is 4.98 Å². The molecule has 0 unspecified atom stereocenters. The number of benzene rings is 1. The molecule has 0 saturated heterocycles. The largest absolute Gasteiger partial charge is 0.496 e. The second-order valence-corrected chi connectivity index (χ2v) is 6.21. The Morgan fingerprint density at radius 1 is 1.03 bits per heavy atom. The van der Waals surface area contributed by atoms with Gasteiger partial charge >= 0.3 is 5.97 Å². The predicted molar refractivity (Wildman–Crippen MR) is 109 cm³/mol. The summed E-state index contributed by atoms with van der Waals surface area (Å²) >= 11 is 0. The quantitative estimate of drug-likeness (QED) is 0.327. The third-order valence-corrected chi connectivity index (χ3v) is 4.14. The molecule has 7 nitrogen and oxygen atoms in total. The third-order valence-electron chi connectivity index (χ3n) is 4.14. The number of ether oxygens (including phenoxy) is 3. The van der Waals surface area contributed by atoms with Crippen LogP contribution in [0.1, 0.15) is 41.7 Å². The van der Waals surface area contributed by atoms with Crippen molar-refractivity contribution in [1.82, 2.24) is 4.98 Å². The van der Waals surface area contributed by atoms with E-state index >= 15 is 0 Å². The highest BCUT2D eigenvalue weighted by atomic mass is 16.5. The first-order valence-electron chi connectivity index (χ1n) is 9.29. The Kier molecular flexibility index (Phi) is 8.69. The molecule has 2 rings (SSSR count). The van der Waals surface area contributed by atoms with Gasteiger partial charge in [-0.3, -0.25) is 14.6 Å². The lowest BCUT2D eigenvalue weighted by Gasteiger charge is -2.11. The highest BCUT2D eigenvalue weighted by molar-refractivity contribution is 6.08. The molecule has 154 valence electrons. The number of unbranched alkanes of at least 4 members (excludes halogenated alkanes) is 2. The van der Waals surface area contributed by atoms with Crippen LogP contribution >= 0.6 is 0 Å². The number of aromatic nitrogens is 1. The van der Waals surface area contributed by atoms with Crippen molar-refractivity contribution >= 4 is 17.8 Å². The van der Waals surface area contributed by atoms with Crippen LogP contribution < -0.4 is 14.2 Å². The van der Waals surface area contributed by atoms with Crippen LogP contribution in [0.2, 0.25) is 0 Å². The van der Waals surface area contributed by atoms with E-state index in [1.807, 2.05) is 0 Å². The Balaban J connectivity index is 2.00. The maximum atomic E-state index is 12.4. The standard InChI is InChI=1S/C22H25NO6/c1-27-19-9-6-5-8-17(19)18(24)12-11-16-14-20(21(28-2)15-23-16)29-13-7-3-4-10-22(25)26/h5-6,8-9,11-12,14-15H,3-4,7,10,13H2,1-2H3,(H,25,26)/b12-11+. The summed E-state index contributed by atoms with van der Waals surface area (Å²) in [5.41, 5.74) is 1.02. The SMILES string of the molecule is COc1cnc(/C=C/C(=O)c2ccccc2OC)cc1OCCCCCC(=O)O. The van der Waals surface area contributed by atoms with Crippen LogP contribution in [0.3, 0.4) is 0 Å². The number of carbonyl (C=O) groups excluding carboxylic acids is 1. The Labute approximate surface area is 169 Å². The van der Waals surface area contributed by atoms with Gasteiger partial charge in [-0.25, -0.2) is 0 Å². The average molecular weight is 399 g/mol. The van der Waals surface area contributed by atoms with Crippen LogP contribution in [-0.2, 0) is 4.79 Å². The molecule has 0 fully saturated rings. The van der Waals surface area contributed by atoms with Crippen molar-refractivity contribution in [3.05, 3.63) is 53.9 Å². The molecule has 0 spiro atoms. The van der Waals surface area contributed by atoms with Gasteiger partial charge in [0.1, 0.15) is 5.75 Å². The fourth-order valence-corrected chi connectivity index (χ4v) is 2.63. The van der Waals surface area contributed by atoms with E-state index in [9.17, 15) is 9.59 Å². The van der Waals surface area contributed by atoms with Crippen LogP contribution in [-0.4, -0.2) is 42.7 Å². The number of nitrogens with zero attached hydrogens (tertiary/aromatic N) is 1. The molecule has 0 atom stereocenters. The molecule has 1 aromatic carbocycles. The van der Waals surface area contributed by atoms with E-state index in [1.165, 1.54) is 26.5 Å². The fraction of sp³-hybridized carbons (Fsp3) is 0.318. The highest BCUT2D eigenvalue weighted by Crippen LogP contribution is 2.27. The van der Waals surface area contributed by atoms with Gasteiger partial charge in [0.2, 0.25) is 0 Å². The molecule has 7 heteroatoms. The molecule has 0 aliphatic rings. The first-order valence-corrected chi connectivity index (χ1v) is 9.29. The molecule has 1 heterocycles. The van der Waals surface area contributed by atoms with E-state index in [4.69, 9.17) is 19.3 Å². The number of allylic oxidation sites excluding steroid dienone is 1. The number of pyridine rings is 1. The maximum absolute atomic E-state index is 12.4. The molecule has 0 saturated carbocycles. The number of hydrogen-bond donors (Lipinski definition) is 1. The summed E-state index contributed by atoms with van der Waals surface area (Å²) in [6, 6.07) is 8.70. The van der Waals surface area contributed by atoms with Crippen molar-refractivity contribution in [2.75, 3.05) is 20.8 Å². The minimum atomic E-state index is -0.791. The van der Waals surface area contributed by atoms with Gasteiger partial charge < -0.3 is 19.3 Å². The van der Waals surface area contributed by atoms with Crippen LogP contribution in [0.15, 0.2) is 42.6 Å². The van der Waals surface area contributed by atoms with Crippen molar-refractivity contribution in [2.24, 2.45) is 0 Å². The number of para-hydroxylation sites is 1. The number of hydrogen-bond acceptors (Lipinski definition) is 6. The first kappa shape index (κ1) is 21.9. The lowest BCUT2D eigenvalue weighted by Crippen LogP contribution is -2.02. The molecule has 0 aliphatic heterocycles. The van der Waals surface area contributed by atoms with Gasteiger partial charge in [-0.1, -0.05) is 12.1 Å². The first-order chi connectivity index (χ1) is 14.0. The Hall–Kier alpha value is -3.35. The highest BCUT2D eigenvalue weighted by Gasteiger charge is 2.10. The smallest absolute Gasteiger partial charge is 0.303 e. The Bertz CT molecular complexity index is 862. The number of carboxylic acids is 1.